The smallest absolute Gasteiger partial charge is 1.00 e. The number of hydrogen-bond acceptors (Lipinski definition) is 1. The minimum Gasteiger partial charge on any atom is -1.00 e. The summed E-state index contributed by atoms with van der Waals surface area (Å²) in [5, 5.41) is 12.2. The summed E-state index contributed by atoms with van der Waals surface area (Å²) in [5.41, 5.74) is 6.42. The molecule has 1 aliphatic carbocycles. The molecule has 1 nitrogen and oxygen atoms in total. The van der Waals surface area contributed by atoms with Gasteiger partial charge in [-0.15, -0.1) is 0 Å². The average Bonchev–Trinajstić information content (AvgIpc) is 2.71. The van der Waals surface area contributed by atoms with Gasteiger partial charge in [-0.25, -0.2) is 0 Å². The van der Waals surface area contributed by atoms with Gasteiger partial charge in [-0.3, -0.25) is 0 Å². The molecule has 0 aliphatic heterocycles. The van der Waals surface area contributed by atoms with Crippen molar-refractivity contribution in [3.63, 3.8) is 0 Å². The zero-order valence-corrected chi connectivity index (χ0v) is 16.6. The van der Waals surface area contributed by atoms with E-state index in [2.05, 4.69) is 51.1 Å². The number of hydrogen-bond donors (Lipinski definition) is 1. The van der Waals surface area contributed by atoms with E-state index in [9.17, 15) is 5.11 Å². The summed E-state index contributed by atoms with van der Waals surface area (Å²) in [6, 6.07) is 12.6. The molecule has 4 heteroatoms. The number of fused-ring (bicyclic) bond motifs is 1. The van der Waals surface area contributed by atoms with Gasteiger partial charge < -0.3 is 29.9 Å². The van der Waals surface area contributed by atoms with Crippen LogP contribution in [0.2, 0.25) is 0 Å². The number of benzene rings is 2. The van der Waals surface area contributed by atoms with Crippen LogP contribution in [0.3, 0.4) is 0 Å². The summed E-state index contributed by atoms with van der Waals surface area (Å²) < 4.78 is 0. The molecule has 1 unspecified atom stereocenters. The monoisotopic (exact) mass is 382 g/mol. The van der Waals surface area contributed by atoms with E-state index in [4.69, 9.17) is 0 Å². The molecular weight excluding hydrogens is 363 g/mol. The van der Waals surface area contributed by atoms with Gasteiger partial charge in [-0.1, -0.05) is 59.2 Å². The molecule has 1 aliphatic rings. The molecule has 2 aromatic carbocycles. The summed E-state index contributed by atoms with van der Waals surface area (Å²) in [5.74, 6) is 0.321. The molecule has 3 rings (SSSR count). The maximum absolute atomic E-state index is 9.88. The van der Waals surface area contributed by atoms with Crippen LogP contribution in [0.1, 0.15) is 37.8 Å². The van der Waals surface area contributed by atoms with Crippen molar-refractivity contribution >= 4 is 10.8 Å². The van der Waals surface area contributed by atoms with Crippen molar-refractivity contribution in [2.75, 3.05) is 0 Å². The summed E-state index contributed by atoms with van der Waals surface area (Å²) >= 11 is 0. The molecular formula is C19H20Cl2OTi. The fourth-order valence-corrected chi connectivity index (χ4v) is 3.39. The predicted octanol–water partition coefficient (Wildman–Crippen LogP) is -1.28. The molecule has 0 radical (unpaired) electrons. The van der Waals surface area contributed by atoms with Gasteiger partial charge in [-0.05, 0) is 42.7 Å². The quantitative estimate of drug-likeness (QED) is 0.641. The first kappa shape index (κ1) is 22.4. The number of aliphatic hydroxyl groups excluding tert-OH is 1. The Morgan fingerprint density at radius 3 is 2.17 bits per heavy atom. The number of halogens is 2. The first-order valence-electron chi connectivity index (χ1n) is 7.10. The zero-order valence-electron chi connectivity index (χ0n) is 13.5. The second kappa shape index (κ2) is 9.06. The van der Waals surface area contributed by atoms with Crippen LogP contribution in [0, 0.1) is 0 Å². The Bertz CT molecular complexity index is 750. The number of allylic oxidation sites excluding steroid dienone is 4. The van der Waals surface area contributed by atoms with Crippen molar-refractivity contribution in [3.05, 3.63) is 70.3 Å². The van der Waals surface area contributed by atoms with Gasteiger partial charge >= 0.3 is 21.7 Å². The van der Waals surface area contributed by atoms with Gasteiger partial charge in [0.1, 0.15) is 0 Å². The third-order valence-corrected chi connectivity index (χ3v) is 4.50. The van der Waals surface area contributed by atoms with E-state index in [0.29, 0.717) is 5.92 Å². The van der Waals surface area contributed by atoms with Crippen molar-refractivity contribution in [2.45, 2.75) is 33.3 Å². The maximum atomic E-state index is 9.88. The second-order valence-corrected chi connectivity index (χ2v) is 5.70. The number of rotatable bonds is 2. The van der Waals surface area contributed by atoms with Crippen LogP contribution in [0.15, 0.2) is 59.2 Å². The Morgan fingerprint density at radius 1 is 0.957 bits per heavy atom. The Kier molecular flexibility index (Phi) is 8.83. The molecule has 0 amide bonds. The maximum Gasteiger partial charge on any atom is 2.00 e. The molecule has 120 valence electrons. The fraction of sp³-hybridized carbons (Fsp3) is 0.263. The topological polar surface area (TPSA) is 20.2 Å². The van der Waals surface area contributed by atoms with Crippen LogP contribution < -0.4 is 24.8 Å². The van der Waals surface area contributed by atoms with E-state index in [1.165, 1.54) is 27.7 Å². The molecule has 2 aromatic rings. The van der Waals surface area contributed by atoms with E-state index in [0.717, 1.165) is 10.9 Å². The van der Waals surface area contributed by atoms with Gasteiger partial charge in [0.25, 0.3) is 0 Å². The predicted molar refractivity (Wildman–Crippen MR) is 84.7 cm³/mol. The third kappa shape index (κ3) is 3.92. The normalized spacial score (nSPS) is 16.3. The summed E-state index contributed by atoms with van der Waals surface area (Å²) in [6.07, 6.45) is 2.26. The molecule has 0 fully saturated rings. The van der Waals surface area contributed by atoms with Crippen molar-refractivity contribution in [2.24, 2.45) is 0 Å². The van der Waals surface area contributed by atoms with Crippen molar-refractivity contribution in [3.8, 4) is 0 Å². The van der Waals surface area contributed by atoms with E-state index in [1.54, 1.807) is 0 Å². The van der Waals surface area contributed by atoms with Crippen LogP contribution in [0.5, 0.6) is 0 Å². The zero-order chi connectivity index (χ0) is 14.3. The first-order chi connectivity index (χ1) is 9.63. The van der Waals surface area contributed by atoms with Crippen LogP contribution >= 0.6 is 0 Å². The molecule has 1 N–H and O–H groups in total. The first-order valence-corrected chi connectivity index (χ1v) is 7.10. The Balaban J connectivity index is 0.00000161. The minimum absolute atomic E-state index is 0. The van der Waals surface area contributed by atoms with Gasteiger partial charge in [0.05, 0.1) is 6.61 Å². The fourth-order valence-electron chi connectivity index (χ4n) is 3.39. The average molecular weight is 383 g/mol. The molecule has 0 aromatic heterocycles. The minimum atomic E-state index is 0. The van der Waals surface area contributed by atoms with Gasteiger partial charge in [0.15, 0.2) is 0 Å². The van der Waals surface area contributed by atoms with Crippen LogP contribution in [-0.2, 0) is 28.3 Å². The molecule has 0 saturated carbocycles. The Hall–Kier alpha value is -0.566. The molecule has 0 saturated heterocycles. The third-order valence-electron chi connectivity index (χ3n) is 4.50. The largest absolute Gasteiger partial charge is 2.00 e. The summed E-state index contributed by atoms with van der Waals surface area (Å²) in [7, 11) is 0. The Labute approximate surface area is 165 Å². The molecule has 1 atom stereocenters. The molecule has 0 heterocycles. The van der Waals surface area contributed by atoms with Gasteiger partial charge in [0.2, 0.25) is 0 Å². The summed E-state index contributed by atoms with van der Waals surface area (Å²) in [4.78, 5) is 0. The molecule has 23 heavy (non-hydrogen) atoms. The van der Waals surface area contributed by atoms with Crippen LogP contribution in [0.4, 0.5) is 0 Å². The van der Waals surface area contributed by atoms with E-state index in [-0.39, 0.29) is 53.1 Å². The standard InChI is InChI=1S/C19H20O.2ClH.Ti/c1-12-10-13(2)19(14(12)3)17-9-8-15-6-4-5-7-16(15)18(17)11-20;;;/h4-10,19-20H,11H2,1-3H3;2*1H;/q;;;+2/p-2. The van der Waals surface area contributed by atoms with E-state index >= 15 is 0 Å². The van der Waals surface area contributed by atoms with Crippen molar-refractivity contribution in [1.29, 1.82) is 0 Å². The summed E-state index contributed by atoms with van der Waals surface area (Å²) in [6.45, 7) is 6.63. The van der Waals surface area contributed by atoms with E-state index in [1.807, 2.05) is 12.1 Å². The van der Waals surface area contributed by atoms with Gasteiger partial charge in [0, 0.05) is 5.92 Å². The van der Waals surface area contributed by atoms with Gasteiger partial charge in [-0.2, -0.15) is 0 Å². The van der Waals surface area contributed by atoms with Crippen LogP contribution in [-0.4, -0.2) is 5.11 Å². The van der Waals surface area contributed by atoms with Crippen molar-refractivity contribution < 1.29 is 51.6 Å². The number of aliphatic hydroxyl groups is 1. The molecule has 0 spiro atoms. The molecule has 0 bridgehead atoms. The van der Waals surface area contributed by atoms with Crippen LogP contribution in [0.25, 0.3) is 10.8 Å². The Morgan fingerprint density at radius 2 is 1.61 bits per heavy atom. The second-order valence-electron chi connectivity index (χ2n) is 5.70. The van der Waals surface area contributed by atoms with E-state index < -0.39 is 0 Å². The SMILES string of the molecule is CC1=CC(C)=C(C)C1c1ccc2ccccc2c1CO.[Cl-].[Cl-].[Ti+2]. The van der Waals surface area contributed by atoms with Crippen molar-refractivity contribution in [1.82, 2.24) is 0 Å².